The molecule has 0 aliphatic carbocycles. The number of nitrogens with zero attached hydrogens (tertiary/aromatic N) is 2. The van der Waals surface area contributed by atoms with Gasteiger partial charge in [0.2, 0.25) is 5.91 Å². The molecule has 0 saturated carbocycles. The summed E-state index contributed by atoms with van der Waals surface area (Å²) in [5.74, 6) is 4.57. The van der Waals surface area contributed by atoms with Crippen molar-refractivity contribution in [3.63, 3.8) is 0 Å². The number of hydrazine groups is 1. The van der Waals surface area contributed by atoms with Crippen LogP contribution < -0.4 is 16.6 Å². The minimum absolute atomic E-state index is 0.0577. The van der Waals surface area contributed by atoms with Crippen molar-refractivity contribution in [2.45, 2.75) is 13.5 Å². The minimum atomic E-state index is -0.434. The molecule has 0 saturated heterocycles. The summed E-state index contributed by atoms with van der Waals surface area (Å²) in [5.41, 5.74) is 3.01. The number of amides is 2. The van der Waals surface area contributed by atoms with Crippen molar-refractivity contribution in [2.75, 3.05) is 20.1 Å². The highest BCUT2D eigenvalue weighted by atomic mass is 16.2. The van der Waals surface area contributed by atoms with Crippen LogP contribution in [0.5, 0.6) is 0 Å². The number of nitrogens with two attached hydrogens (primary N) is 1. The maximum Gasteiger partial charge on any atom is 0.283 e. The van der Waals surface area contributed by atoms with E-state index < -0.39 is 5.91 Å². The smallest absolute Gasteiger partial charge is 0.283 e. The molecule has 1 rings (SSSR count). The molecule has 0 aliphatic heterocycles. The number of hydrogen-bond acceptors (Lipinski definition) is 5. The zero-order valence-electron chi connectivity index (χ0n) is 11.1. The topological polar surface area (TPSA) is 100 Å². The van der Waals surface area contributed by atoms with Gasteiger partial charge in [-0.3, -0.25) is 19.9 Å². The van der Waals surface area contributed by atoms with Gasteiger partial charge < -0.3 is 5.32 Å². The first-order chi connectivity index (χ1) is 9.10. The maximum absolute atomic E-state index is 11.4. The Morgan fingerprint density at radius 2 is 2.16 bits per heavy atom. The fraction of sp³-hybridized carbons (Fsp3) is 0.417. The van der Waals surface area contributed by atoms with Gasteiger partial charge >= 0.3 is 0 Å². The fourth-order valence-electron chi connectivity index (χ4n) is 1.56. The highest BCUT2D eigenvalue weighted by molar-refractivity contribution is 5.91. The number of hydrogen-bond donors (Lipinski definition) is 3. The van der Waals surface area contributed by atoms with E-state index in [-0.39, 0.29) is 11.6 Å². The monoisotopic (exact) mass is 265 g/mol. The summed E-state index contributed by atoms with van der Waals surface area (Å²) in [5, 5.41) is 2.57. The Hall–Kier alpha value is -1.99. The van der Waals surface area contributed by atoms with Crippen molar-refractivity contribution in [1.82, 2.24) is 20.6 Å². The van der Waals surface area contributed by atoms with Crippen LogP contribution in [-0.4, -0.2) is 41.8 Å². The number of aromatic nitrogens is 1. The molecule has 7 heteroatoms. The van der Waals surface area contributed by atoms with Gasteiger partial charge in [0.15, 0.2) is 0 Å². The average Bonchev–Trinajstić information content (AvgIpc) is 2.45. The molecule has 0 spiro atoms. The van der Waals surface area contributed by atoms with Crippen LogP contribution in [0.15, 0.2) is 18.2 Å². The number of rotatable bonds is 6. The molecule has 0 unspecified atom stereocenters. The van der Waals surface area contributed by atoms with E-state index in [9.17, 15) is 9.59 Å². The van der Waals surface area contributed by atoms with Gasteiger partial charge in [0.05, 0.1) is 12.2 Å². The quantitative estimate of drug-likeness (QED) is 0.357. The van der Waals surface area contributed by atoms with Crippen LogP contribution in [0.25, 0.3) is 0 Å². The molecule has 4 N–H and O–H groups in total. The zero-order chi connectivity index (χ0) is 14.3. The van der Waals surface area contributed by atoms with Crippen molar-refractivity contribution < 1.29 is 9.59 Å². The van der Waals surface area contributed by atoms with Crippen LogP contribution in [0.2, 0.25) is 0 Å². The second kappa shape index (κ2) is 7.45. The van der Waals surface area contributed by atoms with Crippen molar-refractivity contribution >= 4 is 11.8 Å². The van der Waals surface area contributed by atoms with E-state index in [1.165, 1.54) is 0 Å². The van der Waals surface area contributed by atoms with Crippen molar-refractivity contribution in [3.05, 3.63) is 29.6 Å². The molecule has 0 fully saturated rings. The summed E-state index contributed by atoms with van der Waals surface area (Å²) in [6.45, 7) is 3.46. The number of carbonyl (C=O) groups is 2. The highest BCUT2D eigenvalue weighted by Gasteiger charge is 2.11. The molecule has 2 amide bonds. The number of pyridine rings is 1. The predicted molar refractivity (Wildman–Crippen MR) is 70.9 cm³/mol. The zero-order valence-corrected chi connectivity index (χ0v) is 11.1. The van der Waals surface area contributed by atoms with E-state index in [4.69, 9.17) is 5.84 Å². The Balaban J connectivity index is 2.74. The molecule has 104 valence electrons. The summed E-state index contributed by atoms with van der Waals surface area (Å²) >= 11 is 0. The molecule has 1 aromatic heterocycles. The Morgan fingerprint density at radius 3 is 2.74 bits per heavy atom. The lowest BCUT2D eigenvalue weighted by molar-refractivity contribution is -0.121. The second-order valence-corrected chi connectivity index (χ2v) is 3.96. The summed E-state index contributed by atoms with van der Waals surface area (Å²) in [6, 6.07) is 5.13. The SMILES string of the molecule is CCN(CC(=O)NC)Cc1cccc(C(=O)NN)n1. The van der Waals surface area contributed by atoms with Crippen molar-refractivity contribution in [3.8, 4) is 0 Å². The summed E-state index contributed by atoms with van der Waals surface area (Å²) in [6.07, 6.45) is 0. The molecule has 1 aromatic rings. The number of nitrogens with one attached hydrogen (secondary N) is 2. The number of carbonyl (C=O) groups excluding carboxylic acids is 2. The lowest BCUT2D eigenvalue weighted by atomic mass is 10.2. The van der Waals surface area contributed by atoms with Gasteiger partial charge in [-0.25, -0.2) is 10.8 Å². The largest absolute Gasteiger partial charge is 0.358 e. The summed E-state index contributed by atoms with van der Waals surface area (Å²) in [4.78, 5) is 28.8. The maximum atomic E-state index is 11.4. The average molecular weight is 265 g/mol. The van der Waals surface area contributed by atoms with Crippen LogP contribution in [-0.2, 0) is 11.3 Å². The van der Waals surface area contributed by atoms with Crippen LogP contribution >= 0.6 is 0 Å². The third-order valence-electron chi connectivity index (χ3n) is 2.65. The van der Waals surface area contributed by atoms with E-state index in [2.05, 4.69) is 10.3 Å². The van der Waals surface area contributed by atoms with Crippen molar-refractivity contribution in [1.29, 1.82) is 0 Å². The molecule has 1 heterocycles. The lowest BCUT2D eigenvalue weighted by Gasteiger charge is -2.18. The second-order valence-electron chi connectivity index (χ2n) is 3.96. The molecular formula is C12H19N5O2. The van der Waals surface area contributed by atoms with Crippen LogP contribution in [0.4, 0.5) is 0 Å². The van der Waals surface area contributed by atoms with Gasteiger partial charge in [-0.05, 0) is 18.7 Å². The summed E-state index contributed by atoms with van der Waals surface area (Å²) in [7, 11) is 1.60. The molecule has 19 heavy (non-hydrogen) atoms. The third kappa shape index (κ3) is 4.65. The van der Waals surface area contributed by atoms with Crippen LogP contribution in [0, 0.1) is 0 Å². The molecule has 0 aromatic carbocycles. The Bertz CT molecular complexity index is 450. The molecule has 0 aliphatic rings. The van der Waals surface area contributed by atoms with Gasteiger partial charge in [0.1, 0.15) is 5.69 Å². The normalized spacial score (nSPS) is 10.3. The van der Waals surface area contributed by atoms with Gasteiger partial charge in [0.25, 0.3) is 5.91 Å². The van der Waals surface area contributed by atoms with Crippen LogP contribution in [0.1, 0.15) is 23.1 Å². The first kappa shape index (κ1) is 15.1. The Morgan fingerprint density at radius 1 is 1.42 bits per heavy atom. The fourth-order valence-corrected chi connectivity index (χ4v) is 1.56. The van der Waals surface area contributed by atoms with Gasteiger partial charge in [-0.2, -0.15) is 0 Å². The minimum Gasteiger partial charge on any atom is -0.358 e. The predicted octanol–water partition coefficient (Wildman–Crippen LogP) is -0.747. The first-order valence-corrected chi connectivity index (χ1v) is 6.00. The van der Waals surface area contributed by atoms with E-state index in [1.54, 1.807) is 25.2 Å². The lowest BCUT2D eigenvalue weighted by Crippen LogP contribution is -2.35. The highest BCUT2D eigenvalue weighted by Crippen LogP contribution is 2.03. The molecule has 0 radical (unpaired) electrons. The van der Waals surface area contributed by atoms with Gasteiger partial charge in [-0.15, -0.1) is 0 Å². The first-order valence-electron chi connectivity index (χ1n) is 6.00. The van der Waals surface area contributed by atoms with E-state index >= 15 is 0 Å². The van der Waals surface area contributed by atoms with E-state index in [0.29, 0.717) is 25.3 Å². The van der Waals surface area contributed by atoms with Crippen molar-refractivity contribution in [2.24, 2.45) is 5.84 Å². The molecule has 0 bridgehead atoms. The molecule has 7 nitrogen and oxygen atoms in total. The third-order valence-corrected chi connectivity index (χ3v) is 2.65. The molecular weight excluding hydrogens is 246 g/mol. The standard InChI is InChI=1S/C12H19N5O2/c1-3-17(8-11(18)14-2)7-9-5-4-6-10(15-9)12(19)16-13/h4-6H,3,7-8,13H2,1-2H3,(H,14,18)(H,16,19). The Labute approximate surface area is 112 Å². The van der Waals surface area contributed by atoms with Gasteiger partial charge in [0, 0.05) is 13.6 Å². The van der Waals surface area contributed by atoms with Gasteiger partial charge in [-0.1, -0.05) is 13.0 Å². The molecule has 0 atom stereocenters. The van der Waals surface area contributed by atoms with E-state index in [0.717, 1.165) is 0 Å². The number of likely N-dealkylation sites (N-methyl/N-ethyl adjacent to an activating group) is 2. The van der Waals surface area contributed by atoms with E-state index in [1.807, 2.05) is 17.2 Å². The number of nitrogen functional groups attached to an aromatic ring is 1. The van der Waals surface area contributed by atoms with Crippen LogP contribution in [0.3, 0.4) is 0 Å². The summed E-state index contributed by atoms with van der Waals surface area (Å²) < 4.78 is 0. The Kier molecular flexibility index (Phi) is 5.91.